The molecule has 0 aliphatic carbocycles. The highest BCUT2D eigenvalue weighted by molar-refractivity contribution is 7.71. The molecule has 0 spiro atoms. The normalized spacial score (nSPS) is 13.8. The second-order valence-electron chi connectivity index (χ2n) is 3.09. The first kappa shape index (κ1) is 14.8. The molecule has 0 saturated heterocycles. The minimum Gasteiger partial charge on any atom is -0.364 e. The smallest absolute Gasteiger partial charge is 0.364 e. The van der Waals surface area contributed by atoms with Gasteiger partial charge in [-0.3, -0.25) is 9.13 Å². The van der Waals surface area contributed by atoms with Crippen molar-refractivity contribution >= 4 is 26.8 Å². The summed E-state index contributed by atoms with van der Waals surface area (Å²) < 4.78 is 22.2. The van der Waals surface area contributed by atoms with E-state index in [1.807, 2.05) is 0 Å². The number of hydrogen-bond acceptors (Lipinski definition) is 4. The van der Waals surface area contributed by atoms with Gasteiger partial charge in [-0.05, 0) is 6.07 Å². The maximum absolute atomic E-state index is 11.1. The van der Waals surface area contributed by atoms with Crippen molar-refractivity contribution in [2.45, 2.75) is 5.08 Å². The third-order valence-corrected chi connectivity index (χ3v) is 5.85. The molecule has 5 N–H and O–H groups in total. The lowest BCUT2D eigenvalue weighted by Gasteiger charge is -2.29. The van der Waals surface area contributed by atoms with Gasteiger partial charge in [-0.15, -0.1) is 0 Å². The minimum atomic E-state index is -5.54. The van der Waals surface area contributed by atoms with Gasteiger partial charge >= 0.3 is 15.2 Å². The largest absolute Gasteiger partial charge is 0.374 e. The summed E-state index contributed by atoms with van der Waals surface area (Å²) in [7, 11) is -11.1. The molecule has 0 unspecified atom stereocenters. The van der Waals surface area contributed by atoms with Crippen molar-refractivity contribution < 1.29 is 33.8 Å². The molecule has 1 heterocycles. The number of hydrogen-bond donors (Lipinski definition) is 5. The summed E-state index contributed by atoms with van der Waals surface area (Å²) in [6.45, 7) is 0. The third kappa shape index (κ3) is 2.59. The SMILES string of the molecule is O=P(O)(O)C(O)(c1ccc(Cl)nc1)P(=O)(O)O. The van der Waals surface area contributed by atoms with Gasteiger partial charge in [-0.1, -0.05) is 17.7 Å². The van der Waals surface area contributed by atoms with Crippen molar-refractivity contribution in [1.82, 2.24) is 4.98 Å². The zero-order valence-corrected chi connectivity index (χ0v) is 10.5. The molecular weight excluding hydrogens is 295 g/mol. The summed E-state index contributed by atoms with van der Waals surface area (Å²) in [6, 6.07) is 1.90. The lowest BCUT2D eigenvalue weighted by atomic mass is 10.3. The molecule has 11 heteroatoms. The Morgan fingerprint density at radius 1 is 1.12 bits per heavy atom. The van der Waals surface area contributed by atoms with Crippen molar-refractivity contribution in [3.8, 4) is 0 Å². The van der Waals surface area contributed by atoms with Gasteiger partial charge in [-0.2, -0.15) is 0 Å². The Bertz CT molecular complexity index is 484. The molecule has 8 nitrogen and oxygen atoms in total. The van der Waals surface area contributed by atoms with Crippen LogP contribution in [0.4, 0.5) is 0 Å². The molecule has 0 radical (unpaired) electrons. The van der Waals surface area contributed by atoms with Crippen LogP contribution in [0.25, 0.3) is 0 Å². The predicted octanol–water partition coefficient (Wildman–Crippen LogP) is 0.193. The predicted molar refractivity (Wildman–Crippen MR) is 57.2 cm³/mol. The first-order chi connectivity index (χ1) is 7.50. The summed E-state index contributed by atoms with van der Waals surface area (Å²) in [5.74, 6) is 0. The van der Waals surface area contributed by atoms with Crippen molar-refractivity contribution in [1.29, 1.82) is 0 Å². The van der Waals surface area contributed by atoms with Crippen LogP contribution in [0.2, 0.25) is 5.15 Å². The van der Waals surface area contributed by atoms with Crippen LogP contribution in [-0.2, 0) is 14.2 Å². The number of rotatable bonds is 3. The van der Waals surface area contributed by atoms with E-state index in [-0.39, 0.29) is 5.15 Å². The molecule has 1 aromatic rings. The van der Waals surface area contributed by atoms with Crippen molar-refractivity contribution in [2.24, 2.45) is 0 Å². The van der Waals surface area contributed by atoms with E-state index in [4.69, 9.17) is 31.2 Å². The number of halogens is 1. The number of aliphatic hydroxyl groups is 1. The fourth-order valence-corrected chi connectivity index (χ4v) is 3.49. The lowest BCUT2D eigenvalue weighted by Crippen LogP contribution is -2.26. The Morgan fingerprint density at radius 2 is 1.59 bits per heavy atom. The van der Waals surface area contributed by atoms with Gasteiger partial charge in [0.25, 0.3) is 5.08 Å². The van der Waals surface area contributed by atoms with E-state index in [0.717, 1.165) is 12.1 Å². The van der Waals surface area contributed by atoms with Gasteiger partial charge in [0.05, 0.1) is 0 Å². The first-order valence-corrected chi connectivity index (χ1v) is 7.56. The molecule has 0 atom stereocenters. The third-order valence-electron chi connectivity index (χ3n) is 1.93. The van der Waals surface area contributed by atoms with E-state index in [1.165, 1.54) is 0 Å². The average Bonchev–Trinajstić information content (AvgIpc) is 2.14. The summed E-state index contributed by atoms with van der Waals surface area (Å²) in [5, 5.41) is 5.95. The van der Waals surface area contributed by atoms with E-state index in [1.54, 1.807) is 0 Å². The van der Waals surface area contributed by atoms with Crippen LogP contribution in [0.15, 0.2) is 18.3 Å². The summed E-state index contributed by atoms with van der Waals surface area (Å²) in [5.41, 5.74) is -0.719. The number of nitrogens with zero attached hydrogens (tertiary/aromatic N) is 1. The van der Waals surface area contributed by atoms with E-state index in [2.05, 4.69) is 4.98 Å². The van der Waals surface area contributed by atoms with Crippen LogP contribution in [0, 0.1) is 0 Å². The maximum Gasteiger partial charge on any atom is 0.374 e. The lowest BCUT2D eigenvalue weighted by molar-refractivity contribution is 0.130. The molecule has 96 valence electrons. The highest BCUT2D eigenvalue weighted by Crippen LogP contribution is 2.72. The Morgan fingerprint density at radius 3 is 1.88 bits per heavy atom. The van der Waals surface area contributed by atoms with Crippen LogP contribution in [0.3, 0.4) is 0 Å². The van der Waals surface area contributed by atoms with E-state index in [9.17, 15) is 14.2 Å². The second kappa shape index (κ2) is 4.42. The maximum atomic E-state index is 11.1. The fraction of sp³-hybridized carbons (Fsp3) is 0.167. The van der Waals surface area contributed by atoms with E-state index >= 15 is 0 Å². The van der Waals surface area contributed by atoms with Crippen molar-refractivity contribution in [3.05, 3.63) is 29.0 Å². The van der Waals surface area contributed by atoms with Gasteiger partial charge in [0, 0.05) is 11.8 Å². The van der Waals surface area contributed by atoms with E-state index < -0.39 is 25.8 Å². The molecule has 0 amide bonds. The van der Waals surface area contributed by atoms with Gasteiger partial charge in [0.2, 0.25) is 0 Å². The van der Waals surface area contributed by atoms with Crippen LogP contribution in [0.5, 0.6) is 0 Å². The molecule has 0 bridgehead atoms. The Labute approximate surface area is 100 Å². The van der Waals surface area contributed by atoms with Gasteiger partial charge in [0.15, 0.2) is 0 Å². The van der Waals surface area contributed by atoms with E-state index in [0.29, 0.717) is 6.20 Å². The van der Waals surface area contributed by atoms with Gasteiger partial charge in [0.1, 0.15) is 5.15 Å². The molecule has 0 aliphatic heterocycles. The monoisotopic (exact) mass is 303 g/mol. The van der Waals surface area contributed by atoms with Crippen molar-refractivity contribution in [3.63, 3.8) is 0 Å². The zero-order chi connectivity index (χ0) is 13.5. The summed E-state index contributed by atoms with van der Waals surface area (Å²) in [4.78, 5) is 39.0. The molecule has 17 heavy (non-hydrogen) atoms. The average molecular weight is 304 g/mol. The first-order valence-electron chi connectivity index (χ1n) is 3.96. The molecule has 0 aliphatic rings. The zero-order valence-electron chi connectivity index (χ0n) is 8.00. The Kier molecular flexibility index (Phi) is 3.84. The number of pyridine rings is 1. The highest BCUT2D eigenvalue weighted by Gasteiger charge is 2.61. The number of aromatic nitrogens is 1. The highest BCUT2D eigenvalue weighted by atomic mass is 35.5. The standard InChI is InChI=1S/C6H8ClNO7P2/c7-5-2-1-4(3-8-5)6(9,16(10,11)12)17(13,14)15/h1-3,9H,(H2,10,11,12)(H2,13,14,15). The second-order valence-corrected chi connectivity index (χ2v) is 7.30. The van der Waals surface area contributed by atoms with Crippen LogP contribution < -0.4 is 0 Å². The quantitative estimate of drug-likeness (QED) is 0.392. The molecule has 1 aromatic heterocycles. The summed E-state index contributed by atoms with van der Waals surface area (Å²) in [6.07, 6.45) is 0.681. The van der Waals surface area contributed by atoms with Gasteiger partial charge < -0.3 is 24.7 Å². The van der Waals surface area contributed by atoms with Crippen LogP contribution >= 0.6 is 26.8 Å². The fourth-order valence-electron chi connectivity index (χ4n) is 1.08. The topological polar surface area (TPSA) is 148 Å². The van der Waals surface area contributed by atoms with Crippen LogP contribution in [-0.4, -0.2) is 29.7 Å². The Hall–Kier alpha value is -0.300. The minimum absolute atomic E-state index is 0.0625. The Balaban J connectivity index is 3.52. The molecule has 0 fully saturated rings. The van der Waals surface area contributed by atoms with Gasteiger partial charge in [-0.25, -0.2) is 4.98 Å². The molecule has 0 saturated carbocycles. The van der Waals surface area contributed by atoms with Crippen LogP contribution in [0.1, 0.15) is 5.56 Å². The van der Waals surface area contributed by atoms with Crippen molar-refractivity contribution in [2.75, 3.05) is 0 Å². The molecular formula is C6H8ClNO7P2. The molecule has 0 aromatic carbocycles. The molecule has 1 rings (SSSR count). The summed E-state index contributed by atoms with van der Waals surface area (Å²) >= 11 is 5.41.